The number of aromatic nitrogens is 1. The Hall–Kier alpha value is -2.54. The molecular formula is C24H28ClF2N5O4S. The SMILES string of the molecule is C[C@@H](O)C(=O)N1CCN(Cc2ccc(Cl)c(-c3ccc4c(n3)N(C)S(=O)(=O)N4CC3CC3(F)F)c2)CC1. The number of anilines is 2. The maximum Gasteiger partial charge on any atom is 0.327 e. The van der Waals surface area contributed by atoms with E-state index in [0.717, 1.165) is 14.2 Å². The molecule has 3 aliphatic rings. The van der Waals surface area contributed by atoms with E-state index in [1.807, 2.05) is 12.1 Å². The van der Waals surface area contributed by atoms with E-state index in [4.69, 9.17) is 11.6 Å². The van der Waals surface area contributed by atoms with Crippen molar-refractivity contribution < 1.29 is 27.1 Å². The van der Waals surface area contributed by atoms with Crippen molar-refractivity contribution in [2.45, 2.75) is 31.9 Å². The Morgan fingerprint density at radius 2 is 1.89 bits per heavy atom. The molecule has 13 heteroatoms. The Kier molecular flexibility index (Phi) is 6.58. The number of halogens is 3. The molecule has 1 unspecified atom stereocenters. The third kappa shape index (κ3) is 4.87. The highest BCUT2D eigenvalue weighted by atomic mass is 35.5. The van der Waals surface area contributed by atoms with E-state index >= 15 is 0 Å². The highest BCUT2D eigenvalue weighted by Crippen LogP contribution is 2.51. The molecule has 2 fully saturated rings. The number of hydrogen-bond donors (Lipinski definition) is 1. The first kappa shape index (κ1) is 26.1. The molecule has 1 aromatic heterocycles. The van der Waals surface area contributed by atoms with Gasteiger partial charge in [-0.3, -0.25) is 9.69 Å². The lowest BCUT2D eigenvalue weighted by atomic mass is 10.1. The van der Waals surface area contributed by atoms with Gasteiger partial charge in [-0.2, -0.15) is 8.42 Å². The largest absolute Gasteiger partial charge is 0.384 e. The summed E-state index contributed by atoms with van der Waals surface area (Å²) < 4.78 is 54.8. The summed E-state index contributed by atoms with van der Waals surface area (Å²) in [4.78, 5) is 20.4. The van der Waals surface area contributed by atoms with Gasteiger partial charge in [0.1, 0.15) is 6.10 Å². The lowest BCUT2D eigenvalue weighted by Gasteiger charge is -2.35. The van der Waals surface area contributed by atoms with Crippen molar-refractivity contribution in [3.63, 3.8) is 0 Å². The first-order valence-corrected chi connectivity index (χ1v) is 13.8. The molecule has 1 aromatic carbocycles. The molecule has 0 radical (unpaired) electrons. The first-order valence-electron chi connectivity index (χ1n) is 12.0. The zero-order chi connectivity index (χ0) is 26.7. The minimum atomic E-state index is -4.00. The second kappa shape index (κ2) is 9.33. The Labute approximate surface area is 219 Å². The second-order valence-corrected chi connectivity index (χ2v) is 12.1. The number of aliphatic hydroxyl groups is 1. The third-order valence-corrected chi connectivity index (χ3v) is 9.24. The summed E-state index contributed by atoms with van der Waals surface area (Å²) in [6.45, 7) is 4.16. The van der Waals surface area contributed by atoms with Crippen molar-refractivity contribution in [1.82, 2.24) is 14.8 Å². The number of nitrogens with zero attached hydrogens (tertiary/aromatic N) is 5. The average Bonchev–Trinajstić information content (AvgIpc) is 3.42. The summed E-state index contributed by atoms with van der Waals surface area (Å²) in [5.74, 6) is -3.94. The summed E-state index contributed by atoms with van der Waals surface area (Å²) in [6, 6.07) is 8.80. The predicted molar refractivity (Wildman–Crippen MR) is 136 cm³/mol. The number of pyridine rings is 1. The Morgan fingerprint density at radius 1 is 1.22 bits per heavy atom. The summed E-state index contributed by atoms with van der Waals surface area (Å²) in [5, 5.41) is 9.97. The molecule has 2 aromatic rings. The molecular weight excluding hydrogens is 528 g/mol. The highest BCUT2D eigenvalue weighted by Gasteiger charge is 2.59. The van der Waals surface area contributed by atoms with Crippen molar-refractivity contribution in [2.75, 3.05) is 48.4 Å². The molecule has 1 saturated heterocycles. The molecule has 1 saturated carbocycles. The number of rotatable bonds is 6. The van der Waals surface area contributed by atoms with Crippen LogP contribution in [0.2, 0.25) is 5.02 Å². The smallest absolute Gasteiger partial charge is 0.327 e. The highest BCUT2D eigenvalue weighted by molar-refractivity contribution is 7.94. The standard InChI is InChI=1S/C24H28ClF2N5O4S/c1-15(33)23(34)31-9-7-30(8-10-31)13-16-3-4-19(25)18(11-16)20-5-6-21-22(28-20)29(2)37(35,36)32(21)14-17-12-24(17,26)27/h3-6,11,15,17,33H,7-10,12-14H2,1-2H3/t15-,17?/m1/s1. The van der Waals surface area contributed by atoms with Crippen molar-refractivity contribution >= 4 is 39.2 Å². The molecule has 0 spiro atoms. The van der Waals surface area contributed by atoms with Crippen molar-refractivity contribution in [1.29, 1.82) is 0 Å². The van der Waals surface area contributed by atoms with Gasteiger partial charge in [0.2, 0.25) is 0 Å². The Morgan fingerprint density at radius 3 is 2.51 bits per heavy atom. The lowest BCUT2D eigenvalue weighted by Crippen LogP contribution is -2.50. The van der Waals surface area contributed by atoms with E-state index in [2.05, 4.69) is 9.88 Å². The molecule has 3 heterocycles. The third-order valence-electron chi connectivity index (χ3n) is 7.14. The molecule has 1 amide bonds. The van der Waals surface area contributed by atoms with Gasteiger partial charge in [0.05, 0.1) is 11.4 Å². The van der Waals surface area contributed by atoms with Gasteiger partial charge in [-0.05, 0) is 36.8 Å². The summed E-state index contributed by atoms with van der Waals surface area (Å²) in [6.07, 6.45) is -1.33. The topological polar surface area (TPSA) is 97.3 Å². The zero-order valence-corrected chi connectivity index (χ0v) is 22.0. The molecule has 1 aliphatic carbocycles. The fourth-order valence-corrected chi connectivity index (χ4v) is 6.40. The predicted octanol–water partition coefficient (Wildman–Crippen LogP) is 2.58. The molecule has 2 aliphatic heterocycles. The molecule has 2 atom stereocenters. The van der Waals surface area contributed by atoms with Crippen LogP contribution in [-0.2, 0) is 21.5 Å². The Balaban J connectivity index is 1.35. The van der Waals surface area contributed by atoms with Crippen LogP contribution in [0.4, 0.5) is 20.3 Å². The van der Waals surface area contributed by atoms with Gasteiger partial charge in [0.25, 0.3) is 11.8 Å². The summed E-state index contributed by atoms with van der Waals surface area (Å²) >= 11 is 6.49. The maximum absolute atomic E-state index is 13.5. The van der Waals surface area contributed by atoms with Crippen LogP contribution in [0, 0.1) is 5.92 Å². The summed E-state index contributed by atoms with van der Waals surface area (Å²) in [7, 11) is -2.64. The number of fused-ring (bicyclic) bond motifs is 1. The fraction of sp³-hybridized carbons (Fsp3) is 0.500. The van der Waals surface area contributed by atoms with E-state index in [1.165, 1.54) is 14.0 Å². The number of benzene rings is 1. The van der Waals surface area contributed by atoms with Crippen molar-refractivity contribution in [3.05, 3.63) is 40.9 Å². The van der Waals surface area contributed by atoms with Crippen LogP contribution in [0.1, 0.15) is 18.9 Å². The Bertz CT molecular complexity index is 1330. The van der Waals surface area contributed by atoms with Gasteiger partial charge in [-0.25, -0.2) is 22.4 Å². The molecule has 37 heavy (non-hydrogen) atoms. The van der Waals surface area contributed by atoms with E-state index < -0.39 is 28.2 Å². The van der Waals surface area contributed by atoms with Crippen LogP contribution in [0.25, 0.3) is 11.3 Å². The molecule has 200 valence electrons. The van der Waals surface area contributed by atoms with E-state index in [-0.39, 0.29) is 30.4 Å². The average molecular weight is 556 g/mol. The van der Waals surface area contributed by atoms with E-state index in [1.54, 1.807) is 23.1 Å². The number of alkyl halides is 2. The fourth-order valence-electron chi connectivity index (χ4n) is 4.78. The van der Waals surface area contributed by atoms with Gasteiger partial charge >= 0.3 is 10.2 Å². The van der Waals surface area contributed by atoms with Gasteiger partial charge in [0, 0.05) is 69.2 Å². The minimum absolute atomic E-state index is 0.168. The van der Waals surface area contributed by atoms with Crippen LogP contribution in [0.15, 0.2) is 30.3 Å². The molecule has 5 rings (SSSR count). The second-order valence-electron chi connectivity index (χ2n) is 9.80. The first-order chi connectivity index (χ1) is 17.4. The molecule has 1 N–H and O–H groups in total. The van der Waals surface area contributed by atoms with Crippen LogP contribution < -0.4 is 8.61 Å². The zero-order valence-electron chi connectivity index (χ0n) is 20.4. The molecule has 9 nitrogen and oxygen atoms in total. The van der Waals surface area contributed by atoms with Crippen LogP contribution in [0.3, 0.4) is 0 Å². The monoisotopic (exact) mass is 555 g/mol. The maximum atomic E-state index is 13.5. The minimum Gasteiger partial charge on any atom is -0.384 e. The van der Waals surface area contributed by atoms with Gasteiger partial charge in [-0.15, -0.1) is 0 Å². The van der Waals surface area contributed by atoms with Crippen LogP contribution in [0.5, 0.6) is 0 Å². The number of aliphatic hydroxyl groups excluding tert-OH is 1. The van der Waals surface area contributed by atoms with E-state index in [9.17, 15) is 27.1 Å². The summed E-state index contributed by atoms with van der Waals surface area (Å²) in [5.41, 5.74) is 2.34. The van der Waals surface area contributed by atoms with Crippen molar-refractivity contribution in [3.8, 4) is 11.3 Å². The van der Waals surface area contributed by atoms with Gasteiger partial charge < -0.3 is 10.0 Å². The lowest BCUT2D eigenvalue weighted by molar-refractivity contribution is -0.141. The van der Waals surface area contributed by atoms with Crippen molar-refractivity contribution in [2.24, 2.45) is 5.92 Å². The number of hydrogen-bond acceptors (Lipinski definition) is 6. The quantitative estimate of drug-likeness (QED) is 0.588. The van der Waals surface area contributed by atoms with E-state index in [0.29, 0.717) is 49.0 Å². The van der Waals surface area contributed by atoms with Gasteiger partial charge in [0.15, 0.2) is 5.82 Å². The van der Waals surface area contributed by atoms with Crippen LogP contribution >= 0.6 is 11.6 Å². The number of amides is 1. The number of carbonyl (C=O) groups is 1. The normalized spacial score (nSPS) is 23.2. The van der Waals surface area contributed by atoms with Crippen LogP contribution in [-0.4, -0.2) is 86.0 Å². The van der Waals surface area contributed by atoms with Gasteiger partial charge in [-0.1, -0.05) is 17.7 Å². The number of piperazine rings is 1. The molecule has 0 bridgehead atoms. The number of carbonyl (C=O) groups excluding carboxylic acids is 1.